The molecule has 1 fully saturated rings. The molecule has 5 heteroatoms. The van der Waals surface area contributed by atoms with Gasteiger partial charge in [-0.3, -0.25) is 14.5 Å². The predicted molar refractivity (Wildman–Crippen MR) is 75.2 cm³/mol. The van der Waals surface area contributed by atoms with Gasteiger partial charge in [-0.25, -0.2) is 0 Å². The number of nitrogens with zero attached hydrogens (tertiary/aromatic N) is 1. The molecular weight excluding hydrogens is 256 g/mol. The summed E-state index contributed by atoms with van der Waals surface area (Å²) in [7, 11) is 0. The summed E-state index contributed by atoms with van der Waals surface area (Å²) in [6.45, 7) is 2.50. The lowest BCUT2D eigenvalue weighted by Crippen LogP contribution is -2.35. The maximum atomic E-state index is 11.2. The number of carbonyl (C=O) groups excluding carboxylic acids is 1. The normalized spacial score (nSPS) is 19.7. The molecule has 1 atom stereocenters. The largest absolute Gasteiger partial charge is 0.481 e. The third-order valence-corrected chi connectivity index (χ3v) is 3.68. The Kier molecular flexibility index (Phi) is 4.74. The number of hydrogen-bond acceptors (Lipinski definition) is 3. The molecule has 1 heterocycles. The molecule has 1 aliphatic heterocycles. The number of carboxylic acid groups (broad SMARTS) is 1. The topological polar surface area (TPSA) is 83.6 Å². The lowest BCUT2D eigenvalue weighted by molar-refractivity contribution is -0.138. The second kappa shape index (κ2) is 6.52. The van der Waals surface area contributed by atoms with Crippen LogP contribution in [-0.4, -0.2) is 35.0 Å². The molecule has 1 saturated heterocycles. The third-order valence-electron chi connectivity index (χ3n) is 3.68. The second-order valence-corrected chi connectivity index (χ2v) is 5.41. The Balaban J connectivity index is 1.97. The van der Waals surface area contributed by atoms with Crippen molar-refractivity contribution in [1.29, 1.82) is 0 Å². The molecule has 0 aliphatic carbocycles. The molecule has 5 nitrogen and oxygen atoms in total. The van der Waals surface area contributed by atoms with E-state index in [1.165, 1.54) is 0 Å². The highest BCUT2D eigenvalue weighted by Crippen LogP contribution is 2.21. The maximum Gasteiger partial charge on any atom is 0.303 e. The fourth-order valence-corrected chi connectivity index (χ4v) is 2.79. The Bertz CT molecular complexity index is 502. The van der Waals surface area contributed by atoms with Gasteiger partial charge < -0.3 is 10.8 Å². The van der Waals surface area contributed by atoms with Gasteiger partial charge >= 0.3 is 5.97 Å². The molecule has 0 spiro atoms. The van der Waals surface area contributed by atoms with Gasteiger partial charge in [-0.2, -0.15) is 0 Å². The van der Waals surface area contributed by atoms with E-state index >= 15 is 0 Å². The van der Waals surface area contributed by atoms with Crippen LogP contribution < -0.4 is 5.73 Å². The highest BCUT2D eigenvalue weighted by molar-refractivity contribution is 5.92. The summed E-state index contributed by atoms with van der Waals surface area (Å²) < 4.78 is 0. The molecule has 0 radical (unpaired) electrons. The van der Waals surface area contributed by atoms with Crippen LogP contribution in [0.5, 0.6) is 0 Å². The standard InChI is InChI=1S/C15H20N2O3/c16-15(20)13-5-1-3-11(7-13)9-17-6-2-4-12(10-17)8-14(18)19/h1,3,5,7,12H,2,4,6,8-10H2,(H2,16,20)(H,18,19). The fourth-order valence-electron chi connectivity index (χ4n) is 2.79. The molecule has 1 amide bonds. The Hall–Kier alpha value is -1.88. The van der Waals surface area contributed by atoms with Gasteiger partial charge in [-0.1, -0.05) is 12.1 Å². The van der Waals surface area contributed by atoms with Crippen molar-refractivity contribution in [1.82, 2.24) is 4.90 Å². The van der Waals surface area contributed by atoms with E-state index in [1.54, 1.807) is 6.07 Å². The molecule has 3 N–H and O–H groups in total. The zero-order valence-corrected chi connectivity index (χ0v) is 11.4. The number of nitrogens with two attached hydrogens (primary N) is 1. The minimum Gasteiger partial charge on any atom is -0.481 e. The Labute approximate surface area is 118 Å². The Morgan fingerprint density at radius 3 is 2.90 bits per heavy atom. The molecule has 108 valence electrons. The van der Waals surface area contributed by atoms with Crippen LogP contribution in [0.15, 0.2) is 24.3 Å². The average molecular weight is 276 g/mol. The number of piperidine rings is 1. The van der Waals surface area contributed by atoms with Gasteiger partial charge in [0.05, 0.1) is 0 Å². The summed E-state index contributed by atoms with van der Waals surface area (Å²) in [6.07, 6.45) is 2.23. The van der Waals surface area contributed by atoms with Crippen molar-refractivity contribution in [2.45, 2.75) is 25.8 Å². The monoisotopic (exact) mass is 276 g/mol. The van der Waals surface area contributed by atoms with Gasteiger partial charge in [0.25, 0.3) is 0 Å². The second-order valence-electron chi connectivity index (χ2n) is 5.41. The van der Waals surface area contributed by atoms with Crippen molar-refractivity contribution in [3.63, 3.8) is 0 Å². The molecule has 0 bridgehead atoms. The van der Waals surface area contributed by atoms with Crippen molar-refractivity contribution in [2.75, 3.05) is 13.1 Å². The number of hydrogen-bond donors (Lipinski definition) is 2. The van der Waals surface area contributed by atoms with Gasteiger partial charge in [-0.05, 0) is 43.0 Å². The van der Waals surface area contributed by atoms with Crippen LogP contribution in [0.1, 0.15) is 35.2 Å². The van der Waals surface area contributed by atoms with Crippen LogP contribution in [0.3, 0.4) is 0 Å². The summed E-state index contributed by atoms with van der Waals surface area (Å²) in [5.41, 5.74) is 6.83. The molecule has 2 rings (SSSR count). The van der Waals surface area contributed by atoms with Crippen molar-refractivity contribution in [3.8, 4) is 0 Å². The minimum absolute atomic E-state index is 0.223. The number of primary amides is 1. The van der Waals surface area contributed by atoms with E-state index in [0.29, 0.717) is 5.56 Å². The first-order valence-corrected chi connectivity index (χ1v) is 6.87. The smallest absolute Gasteiger partial charge is 0.303 e. The number of benzene rings is 1. The van der Waals surface area contributed by atoms with Gasteiger partial charge in [-0.15, -0.1) is 0 Å². The zero-order chi connectivity index (χ0) is 14.5. The van der Waals surface area contributed by atoms with E-state index in [0.717, 1.165) is 38.0 Å². The van der Waals surface area contributed by atoms with E-state index in [9.17, 15) is 9.59 Å². The minimum atomic E-state index is -0.729. The quantitative estimate of drug-likeness (QED) is 0.853. The van der Waals surface area contributed by atoms with E-state index in [4.69, 9.17) is 10.8 Å². The first kappa shape index (κ1) is 14.5. The van der Waals surface area contributed by atoms with Crippen LogP contribution in [0.25, 0.3) is 0 Å². The number of likely N-dealkylation sites (tertiary alicyclic amines) is 1. The Morgan fingerprint density at radius 1 is 1.40 bits per heavy atom. The van der Waals surface area contributed by atoms with Crippen LogP contribution >= 0.6 is 0 Å². The molecule has 1 aromatic carbocycles. The van der Waals surface area contributed by atoms with Crippen LogP contribution in [-0.2, 0) is 11.3 Å². The molecule has 1 unspecified atom stereocenters. The van der Waals surface area contributed by atoms with Gasteiger partial charge in [0.15, 0.2) is 0 Å². The zero-order valence-electron chi connectivity index (χ0n) is 11.4. The lowest BCUT2D eigenvalue weighted by Gasteiger charge is -2.32. The molecule has 1 aromatic rings. The molecule has 20 heavy (non-hydrogen) atoms. The lowest BCUT2D eigenvalue weighted by atomic mass is 9.94. The summed E-state index contributed by atoms with van der Waals surface area (Å²) in [4.78, 5) is 24.2. The molecule has 1 aliphatic rings. The van der Waals surface area contributed by atoms with E-state index in [2.05, 4.69) is 4.90 Å². The summed E-state index contributed by atoms with van der Waals surface area (Å²) in [6, 6.07) is 7.31. The highest BCUT2D eigenvalue weighted by Gasteiger charge is 2.22. The first-order chi connectivity index (χ1) is 9.54. The maximum absolute atomic E-state index is 11.2. The van der Waals surface area contributed by atoms with Gasteiger partial charge in [0, 0.05) is 25.1 Å². The number of rotatable bonds is 5. The highest BCUT2D eigenvalue weighted by atomic mass is 16.4. The van der Waals surface area contributed by atoms with Crippen molar-refractivity contribution in [2.24, 2.45) is 11.7 Å². The number of amides is 1. The van der Waals surface area contributed by atoms with Crippen LogP contribution in [0.2, 0.25) is 0 Å². The molecule has 0 saturated carbocycles. The van der Waals surface area contributed by atoms with E-state index < -0.39 is 11.9 Å². The summed E-state index contributed by atoms with van der Waals surface area (Å²) >= 11 is 0. The van der Waals surface area contributed by atoms with Crippen LogP contribution in [0, 0.1) is 5.92 Å². The fraction of sp³-hybridized carbons (Fsp3) is 0.467. The average Bonchev–Trinajstić information content (AvgIpc) is 2.38. The van der Waals surface area contributed by atoms with Gasteiger partial charge in [0.2, 0.25) is 5.91 Å². The van der Waals surface area contributed by atoms with Gasteiger partial charge in [0.1, 0.15) is 0 Å². The molecule has 0 aromatic heterocycles. The summed E-state index contributed by atoms with van der Waals surface area (Å²) in [5.74, 6) is -0.928. The number of carboxylic acids is 1. The first-order valence-electron chi connectivity index (χ1n) is 6.87. The number of aliphatic carboxylic acids is 1. The van der Waals surface area contributed by atoms with Crippen LogP contribution in [0.4, 0.5) is 0 Å². The van der Waals surface area contributed by atoms with Crippen molar-refractivity contribution < 1.29 is 14.7 Å². The third kappa shape index (κ3) is 4.06. The van der Waals surface area contributed by atoms with Crippen molar-refractivity contribution >= 4 is 11.9 Å². The Morgan fingerprint density at radius 2 is 2.20 bits per heavy atom. The number of carbonyl (C=O) groups is 2. The molecular formula is C15H20N2O3. The van der Waals surface area contributed by atoms with Crippen molar-refractivity contribution in [3.05, 3.63) is 35.4 Å². The summed E-state index contributed by atoms with van der Waals surface area (Å²) in [5, 5.41) is 8.87. The SMILES string of the molecule is NC(=O)c1cccc(CN2CCCC(CC(=O)O)C2)c1. The van der Waals surface area contributed by atoms with E-state index in [-0.39, 0.29) is 12.3 Å². The van der Waals surface area contributed by atoms with E-state index in [1.807, 2.05) is 18.2 Å². The predicted octanol–water partition coefficient (Wildman–Crippen LogP) is 1.47.